The van der Waals surface area contributed by atoms with Crippen LogP contribution in [0, 0.1) is 23.7 Å². The van der Waals surface area contributed by atoms with Gasteiger partial charge in [-0.25, -0.2) is 0 Å². The number of likely N-dealkylation sites (tertiary alicyclic amines) is 2. The van der Waals surface area contributed by atoms with E-state index in [4.69, 9.17) is 0 Å². The Kier molecular flexibility index (Phi) is 4.21. The maximum absolute atomic E-state index is 12.5. The maximum Gasteiger partial charge on any atom is 0.406 e. The smallest absolute Gasteiger partial charge is 0.406 e. The Balaban J connectivity index is 1.63. The molecule has 0 aromatic rings. The normalized spacial score (nSPS) is 31.0. The summed E-state index contributed by atoms with van der Waals surface area (Å²) in [5.74, 6) is -3.23. The number of aliphatic carboxylic acids is 1. The van der Waals surface area contributed by atoms with Crippen LogP contribution in [0.4, 0.5) is 13.2 Å². The van der Waals surface area contributed by atoms with Gasteiger partial charge >= 0.3 is 12.1 Å². The third kappa shape index (κ3) is 3.49. The second kappa shape index (κ2) is 5.93. The zero-order valence-corrected chi connectivity index (χ0v) is 13.0. The average molecular weight is 348 g/mol. The zero-order valence-electron chi connectivity index (χ0n) is 13.0. The van der Waals surface area contributed by atoms with E-state index >= 15 is 0 Å². The highest BCUT2D eigenvalue weighted by Gasteiger charge is 2.49. The minimum Gasteiger partial charge on any atom is -0.481 e. The van der Waals surface area contributed by atoms with Crippen LogP contribution in [0.25, 0.3) is 0 Å². The molecule has 3 atom stereocenters. The van der Waals surface area contributed by atoms with Gasteiger partial charge in [-0.15, -0.1) is 0 Å². The van der Waals surface area contributed by atoms with Crippen molar-refractivity contribution in [3.63, 3.8) is 0 Å². The summed E-state index contributed by atoms with van der Waals surface area (Å²) < 4.78 is 37.3. The minimum absolute atomic E-state index is 0.0826. The molecule has 2 heterocycles. The Morgan fingerprint density at radius 1 is 1.17 bits per heavy atom. The van der Waals surface area contributed by atoms with Gasteiger partial charge in [0, 0.05) is 26.1 Å². The number of amides is 2. The van der Waals surface area contributed by atoms with Gasteiger partial charge in [0.2, 0.25) is 11.8 Å². The number of alkyl halides is 3. The molecule has 0 spiro atoms. The predicted octanol–water partition coefficient (Wildman–Crippen LogP) is 0.966. The summed E-state index contributed by atoms with van der Waals surface area (Å²) in [6.07, 6.45) is -2.82. The monoisotopic (exact) mass is 348 g/mol. The second-order valence-corrected chi connectivity index (χ2v) is 6.98. The van der Waals surface area contributed by atoms with Crippen LogP contribution in [0.1, 0.15) is 19.3 Å². The first-order valence-electron chi connectivity index (χ1n) is 8.02. The number of nitrogens with zero attached hydrogens (tertiary/aromatic N) is 2. The van der Waals surface area contributed by atoms with Crippen molar-refractivity contribution >= 4 is 17.8 Å². The molecule has 1 saturated carbocycles. The second-order valence-electron chi connectivity index (χ2n) is 6.98. The van der Waals surface area contributed by atoms with E-state index in [0.717, 1.165) is 12.8 Å². The van der Waals surface area contributed by atoms with Crippen molar-refractivity contribution < 1.29 is 32.7 Å². The Bertz CT molecular complexity index is 561. The summed E-state index contributed by atoms with van der Waals surface area (Å²) in [6, 6.07) is 0. The largest absolute Gasteiger partial charge is 0.481 e. The topological polar surface area (TPSA) is 77.9 Å². The van der Waals surface area contributed by atoms with E-state index in [-0.39, 0.29) is 25.4 Å². The van der Waals surface area contributed by atoms with Crippen LogP contribution in [-0.2, 0) is 14.4 Å². The van der Waals surface area contributed by atoms with E-state index in [9.17, 15) is 32.7 Å². The van der Waals surface area contributed by atoms with E-state index in [0.29, 0.717) is 17.4 Å². The Labute approximate surface area is 136 Å². The number of hydrogen-bond acceptors (Lipinski definition) is 3. The quantitative estimate of drug-likeness (QED) is 0.821. The molecule has 2 saturated heterocycles. The summed E-state index contributed by atoms with van der Waals surface area (Å²) in [4.78, 5) is 37.7. The highest BCUT2D eigenvalue weighted by molar-refractivity contribution is 5.89. The molecule has 2 aliphatic heterocycles. The molecule has 0 bridgehead atoms. The summed E-state index contributed by atoms with van der Waals surface area (Å²) in [7, 11) is 0. The number of rotatable bonds is 4. The predicted molar refractivity (Wildman–Crippen MR) is 74.7 cm³/mol. The van der Waals surface area contributed by atoms with Crippen LogP contribution in [0.15, 0.2) is 0 Å². The lowest BCUT2D eigenvalue weighted by Crippen LogP contribution is -2.38. The molecular formula is C15H19F3N2O4. The first-order valence-corrected chi connectivity index (χ1v) is 8.02. The number of hydrogen-bond donors (Lipinski definition) is 1. The molecule has 1 N–H and O–H groups in total. The Hall–Kier alpha value is -1.80. The maximum atomic E-state index is 12.5. The van der Waals surface area contributed by atoms with Crippen molar-refractivity contribution in [1.29, 1.82) is 0 Å². The summed E-state index contributed by atoms with van der Waals surface area (Å²) >= 11 is 0. The number of carboxylic acid groups (broad SMARTS) is 1. The standard InChI is InChI=1S/C15H19F3N2O4/c16-15(17,18)7-20-4-9(3-12(20)21)13(22)19-5-10(8-1-2-8)11(6-19)14(23)24/h8-11H,1-7H2,(H,23,24)/t9?,10-,11+/m1/s1. The number of carbonyl (C=O) groups is 3. The van der Waals surface area contributed by atoms with E-state index in [1.165, 1.54) is 4.90 Å². The van der Waals surface area contributed by atoms with Crippen molar-refractivity contribution in [3.05, 3.63) is 0 Å². The van der Waals surface area contributed by atoms with Gasteiger partial charge in [0.25, 0.3) is 0 Å². The van der Waals surface area contributed by atoms with E-state index < -0.39 is 42.3 Å². The van der Waals surface area contributed by atoms with Crippen molar-refractivity contribution in [3.8, 4) is 0 Å². The fourth-order valence-electron chi connectivity index (χ4n) is 3.84. The molecule has 0 radical (unpaired) electrons. The minimum atomic E-state index is -4.49. The molecule has 0 aromatic carbocycles. The van der Waals surface area contributed by atoms with Gasteiger partial charge in [-0.1, -0.05) is 0 Å². The molecule has 24 heavy (non-hydrogen) atoms. The van der Waals surface area contributed by atoms with Gasteiger partial charge in [0.05, 0.1) is 11.8 Å². The van der Waals surface area contributed by atoms with Gasteiger partial charge in [-0.3, -0.25) is 14.4 Å². The lowest BCUT2D eigenvalue weighted by atomic mass is 9.92. The van der Waals surface area contributed by atoms with E-state index in [1.54, 1.807) is 0 Å². The van der Waals surface area contributed by atoms with Gasteiger partial charge in [-0.05, 0) is 24.7 Å². The molecule has 6 nitrogen and oxygen atoms in total. The van der Waals surface area contributed by atoms with Crippen LogP contribution in [0.3, 0.4) is 0 Å². The highest BCUT2D eigenvalue weighted by atomic mass is 19.4. The summed E-state index contributed by atoms with van der Waals surface area (Å²) in [5, 5.41) is 9.31. The molecule has 1 unspecified atom stereocenters. The van der Waals surface area contributed by atoms with Crippen LogP contribution < -0.4 is 0 Å². The van der Waals surface area contributed by atoms with Crippen LogP contribution >= 0.6 is 0 Å². The van der Waals surface area contributed by atoms with Crippen molar-refractivity contribution in [2.45, 2.75) is 25.4 Å². The van der Waals surface area contributed by atoms with Crippen LogP contribution in [0.2, 0.25) is 0 Å². The van der Waals surface area contributed by atoms with Crippen molar-refractivity contribution in [2.75, 3.05) is 26.2 Å². The van der Waals surface area contributed by atoms with E-state index in [2.05, 4.69) is 0 Å². The summed E-state index contributed by atoms with van der Waals surface area (Å²) in [5.41, 5.74) is 0. The molecule has 3 rings (SSSR count). The SMILES string of the molecule is O=C(O)[C@H]1CN(C(=O)C2CC(=O)N(CC(F)(F)F)C2)C[C@@H]1C1CC1. The van der Waals surface area contributed by atoms with Crippen LogP contribution in [0.5, 0.6) is 0 Å². The molecule has 3 fully saturated rings. The Morgan fingerprint density at radius 3 is 2.38 bits per heavy atom. The fourth-order valence-corrected chi connectivity index (χ4v) is 3.84. The Morgan fingerprint density at radius 2 is 1.83 bits per heavy atom. The number of carboxylic acids is 1. The molecule has 2 amide bonds. The first-order chi connectivity index (χ1) is 11.2. The number of carbonyl (C=O) groups excluding carboxylic acids is 2. The van der Waals surface area contributed by atoms with Gasteiger partial charge in [0.1, 0.15) is 6.54 Å². The lowest BCUT2D eigenvalue weighted by Gasteiger charge is -2.21. The van der Waals surface area contributed by atoms with Gasteiger partial charge in [0.15, 0.2) is 0 Å². The molecule has 134 valence electrons. The zero-order chi connectivity index (χ0) is 17.6. The third-order valence-electron chi connectivity index (χ3n) is 5.16. The van der Waals surface area contributed by atoms with Crippen molar-refractivity contribution in [2.24, 2.45) is 23.7 Å². The summed E-state index contributed by atoms with van der Waals surface area (Å²) in [6.45, 7) is -1.19. The van der Waals surface area contributed by atoms with Gasteiger partial charge < -0.3 is 14.9 Å². The molecule has 0 aromatic heterocycles. The lowest BCUT2D eigenvalue weighted by molar-refractivity contribution is -0.157. The number of halogens is 3. The highest BCUT2D eigenvalue weighted by Crippen LogP contribution is 2.44. The van der Waals surface area contributed by atoms with Gasteiger partial charge in [-0.2, -0.15) is 13.2 Å². The molecule has 3 aliphatic rings. The van der Waals surface area contributed by atoms with Crippen molar-refractivity contribution in [1.82, 2.24) is 9.80 Å². The first kappa shape index (κ1) is 17.0. The molecule has 1 aliphatic carbocycles. The third-order valence-corrected chi connectivity index (χ3v) is 5.16. The molecule has 9 heteroatoms. The van der Waals surface area contributed by atoms with E-state index in [1.807, 2.05) is 0 Å². The van der Waals surface area contributed by atoms with Crippen LogP contribution in [-0.4, -0.2) is 65.0 Å². The fraction of sp³-hybridized carbons (Fsp3) is 0.800. The molecular weight excluding hydrogens is 329 g/mol. The average Bonchev–Trinajstić information content (AvgIpc) is 3.11.